The van der Waals surface area contributed by atoms with Gasteiger partial charge in [-0.05, 0) is 38.5 Å². The van der Waals surface area contributed by atoms with E-state index in [1.807, 2.05) is 20.8 Å². The summed E-state index contributed by atoms with van der Waals surface area (Å²) in [6.45, 7) is 8.62. The molecule has 0 saturated carbocycles. The molecule has 22 heavy (non-hydrogen) atoms. The topological polar surface area (TPSA) is 76.7 Å². The Kier molecular flexibility index (Phi) is 6.85. The molecule has 0 heterocycles. The molecule has 0 bridgehead atoms. The molecule has 0 atom stereocenters. The average molecular weight is 308 g/mol. The number of benzene rings is 1. The molecule has 122 valence electrons. The third kappa shape index (κ3) is 8.26. The van der Waals surface area contributed by atoms with Gasteiger partial charge in [0.05, 0.1) is 0 Å². The third-order valence-electron chi connectivity index (χ3n) is 2.63. The van der Waals surface area contributed by atoms with E-state index in [9.17, 15) is 9.59 Å². The van der Waals surface area contributed by atoms with Crippen LogP contribution in [0.25, 0.3) is 0 Å². The second-order valence-electron chi connectivity index (χ2n) is 5.91. The van der Waals surface area contributed by atoms with Crippen molar-refractivity contribution in [2.24, 2.45) is 0 Å². The number of carbonyl (C=O) groups excluding carboxylic acids is 2. The van der Waals surface area contributed by atoms with Crippen molar-refractivity contribution in [2.45, 2.75) is 39.8 Å². The number of nitrogens with one attached hydrogen (secondary N) is 2. The Hall–Kier alpha value is -2.08. The van der Waals surface area contributed by atoms with Gasteiger partial charge in [-0.2, -0.15) is 0 Å². The minimum atomic E-state index is -0.497. The van der Waals surface area contributed by atoms with Crippen LogP contribution in [0.2, 0.25) is 0 Å². The SMILES string of the molecule is CC(=O)OCc1ccc(NC(=O)OCCNC(C)(C)C)cc1. The molecule has 0 spiro atoms. The van der Waals surface area contributed by atoms with E-state index in [1.54, 1.807) is 24.3 Å². The smallest absolute Gasteiger partial charge is 0.411 e. The predicted octanol–water partition coefficient (Wildman–Crippen LogP) is 2.69. The van der Waals surface area contributed by atoms with Crippen LogP contribution in [0.3, 0.4) is 0 Å². The predicted molar refractivity (Wildman–Crippen MR) is 84.6 cm³/mol. The lowest BCUT2D eigenvalue weighted by Crippen LogP contribution is -2.38. The normalized spacial score (nSPS) is 10.9. The summed E-state index contributed by atoms with van der Waals surface area (Å²) >= 11 is 0. The zero-order valence-corrected chi connectivity index (χ0v) is 13.6. The summed E-state index contributed by atoms with van der Waals surface area (Å²) in [6.07, 6.45) is -0.497. The number of rotatable bonds is 6. The van der Waals surface area contributed by atoms with Gasteiger partial charge in [-0.1, -0.05) is 12.1 Å². The van der Waals surface area contributed by atoms with Crippen molar-refractivity contribution in [3.8, 4) is 0 Å². The number of amides is 1. The van der Waals surface area contributed by atoms with Crippen LogP contribution in [-0.2, 0) is 20.9 Å². The van der Waals surface area contributed by atoms with Crippen LogP contribution in [0.15, 0.2) is 24.3 Å². The fourth-order valence-corrected chi connectivity index (χ4v) is 1.59. The first-order valence-electron chi connectivity index (χ1n) is 7.17. The number of hydrogen-bond acceptors (Lipinski definition) is 5. The van der Waals surface area contributed by atoms with Gasteiger partial charge in [0.2, 0.25) is 0 Å². The molecule has 0 aliphatic heterocycles. The van der Waals surface area contributed by atoms with Crippen molar-refractivity contribution < 1.29 is 19.1 Å². The van der Waals surface area contributed by atoms with Gasteiger partial charge in [0, 0.05) is 24.7 Å². The summed E-state index contributed by atoms with van der Waals surface area (Å²) in [5.41, 5.74) is 1.47. The minimum Gasteiger partial charge on any atom is -0.461 e. The van der Waals surface area contributed by atoms with Crippen molar-refractivity contribution in [2.75, 3.05) is 18.5 Å². The van der Waals surface area contributed by atoms with Crippen LogP contribution in [0.4, 0.5) is 10.5 Å². The highest BCUT2D eigenvalue weighted by molar-refractivity contribution is 5.84. The van der Waals surface area contributed by atoms with E-state index in [0.29, 0.717) is 18.8 Å². The fourth-order valence-electron chi connectivity index (χ4n) is 1.59. The highest BCUT2D eigenvalue weighted by Gasteiger charge is 2.09. The van der Waals surface area contributed by atoms with E-state index >= 15 is 0 Å². The van der Waals surface area contributed by atoms with E-state index < -0.39 is 6.09 Å². The van der Waals surface area contributed by atoms with Gasteiger partial charge >= 0.3 is 12.1 Å². The van der Waals surface area contributed by atoms with Crippen molar-refractivity contribution in [3.63, 3.8) is 0 Å². The molecule has 0 aliphatic carbocycles. The summed E-state index contributed by atoms with van der Waals surface area (Å²) < 4.78 is 9.95. The highest BCUT2D eigenvalue weighted by Crippen LogP contribution is 2.10. The largest absolute Gasteiger partial charge is 0.461 e. The number of anilines is 1. The van der Waals surface area contributed by atoms with Crippen LogP contribution < -0.4 is 10.6 Å². The minimum absolute atomic E-state index is 0.00237. The molecule has 1 aromatic carbocycles. The molecular weight excluding hydrogens is 284 g/mol. The fraction of sp³-hybridized carbons (Fsp3) is 0.500. The van der Waals surface area contributed by atoms with Crippen molar-refractivity contribution in [1.29, 1.82) is 0 Å². The first-order valence-corrected chi connectivity index (χ1v) is 7.17. The molecule has 2 N–H and O–H groups in total. The van der Waals surface area contributed by atoms with Gasteiger partial charge in [0.15, 0.2) is 0 Å². The van der Waals surface area contributed by atoms with E-state index in [4.69, 9.17) is 9.47 Å². The maximum Gasteiger partial charge on any atom is 0.411 e. The number of hydrogen-bond donors (Lipinski definition) is 2. The van der Waals surface area contributed by atoms with Crippen LogP contribution in [-0.4, -0.2) is 30.8 Å². The van der Waals surface area contributed by atoms with Crippen molar-refractivity contribution >= 4 is 17.7 Å². The first-order chi connectivity index (χ1) is 10.3. The molecule has 1 rings (SSSR count). The van der Waals surface area contributed by atoms with Crippen LogP contribution in [0, 0.1) is 0 Å². The molecule has 1 aromatic rings. The zero-order valence-electron chi connectivity index (χ0n) is 13.6. The Morgan fingerprint density at radius 3 is 2.27 bits per heavy atom. The van der Waals surface area contributed by atoms with Gasteiger partial charge < -0.3 is 14.8 Å². The van der Waals surface area contributed by atoms with Gasteiger partial charge in [0.1, 0.15) is 13.2 Å². The molecule has 1 amide bonds. The molecule has 0 saturated heterocycles. The van der Waals surface area contributed by atoms with Crippen molar-refractivity contribution in [3.05, 3.63) is 29.8 Å². The summed E-state index contributed by atoms with van der Waals surface area (Å²) in [4.78, 5) is 22.3. The maximum atomic E-state index is 11.6. The second kappa shape index (κ2) is 8.38. The molecule has 0 fully saturated rings. The second-order valence-corrected chi connectivity index (χ2v) is 5.91. The first kappa shape index (κ1) is 18.0. The van der Waals surface area contributed by atoms with Crippen LogP contribution in [0.5, 0.6) is 0 Å². The van der Waals surface area contributed by atoms with Gasteiger partial charge in [0.25, 0.3) is 0 Å². The Labute approximate surface area is 131 Å². The van der Waals surface area contributed by atoms with Crippen LogP contribution in [0.1, 0.15) is 33.3 Å². The lowest BCUT2D eigenvalue weighted by molar-refractivity contribution is -0.142. The lowest BCUT2D eigenvalue weighted by atomic mass is 10.1. The Morgan fingerprint density at radius 2 is 1.73 bits per heavy atom. The monoisotopic (exact) mass is 308 g/mol. The molecule has 0 aromatic heterocycles. The number of esters is 1. The van der Waals surface area contributed by atoms with E-state index in [2.05, 4.69) is 10.6 Å². The van der Waals surface area contributed by atoms with Gasteiger partial charge in [-0.15, -0.1) is 0 Å². The number of ether oxygens (including phenoxy) is 2. The Balaban J connectivity index is 2.31. The van der Waals surface area contributed by atoms with Crippen LogP contribution >= 0.6 is 0 Å². The molecule has 6 nitrogen and oxygen atoms in total. The third-order valence-corrected chi connectivity index (χ3v) is 2.63. The lowest BCUT2D eigenvalue weighted by Gasteiger charge is -2.20. The molecule has 0 aliphatic rings. The summed E-state index contributed by atoms with van der Waals surface area (Å²) in [7, 11) is 0. The highest BCUT2D eigenvalue weighted by atomic mass is 16.5. The van der Waals surface area contributed by atoms with Gasteiger partial charge in [-0.3, -0.25) is 10.1 Å². The van der Waals surface area contributed by atoms with Gasteiger partial charge in [-0.25, -0.2) is 4.79 Å². The quantitative estimate of drug-likeness (QED) is 0.624. The Morgan fingerprint density at radius 1 is 1.09 bits per heavy atom. The Bertz CT molecular complexity index is 492. The van der Waals surface area contributed by atoms with E-state index in [0.717, 1.165) is 5.56 Å². The summed E-state index contributed by atoms with van der Waals surface area (Å²) in [6, 6.07) is 7.01. The maximum absolute atomic E-state index is 11.6. The summed E-state index contributed by atoms with van der Waals surface area (Å²) in [5.74, 6) is -0.324. The molecule has 0 radical (unpaired) electrons. The van der Waals surface area contributed by atoms with Crippen molar-refractivity contribution in [1.82, 2.24) is 5.32 Å². The number of carbonyl (C=O) groups is 2. The van der Waals surface area contributed by atoms with E-state index in [-0.39, 0.29) is 18.1 Å². The molecule has 6 heteroatoms. The standard InChI is InChI=1S/C16H24N2O4/c1-12(19)22-11-13-5-7-14(8-6-13)18-15(20)21-10-9-17-16(2,3)4/h5-8,17H,9-11H2,1-4H3,(H,18,20). The summed E-state index contributed by atoms with van der Waals surface area (Å²) in [5, 5.41) is 5.86. The zero-order chi connectivity index (χ0) is 16.6. The average Bonchev–Trinajstić information content (AvgIpc) is 2.42. The molecular formula is C16H24N2O4. The molecule has 0 unspecified atom stereocenters. The van der Waals surface area contributed by atoms with E-state index in [1.165, 1.54) is 6.92 Å².